The van der Waals surface area contributed by atoms with E-state index in [0.717, 1.165) is 17.1 Å². The molecule has 0 radical (unpaired) electrons. The van der Waals surface area contributed by atoms with Crippen LogP contribution in [-0.2, 0) is 0 Å². The molecule has 0 bridgehead atoms. The second-order valence-electron chi connectivity index (χ2n) is 3.48. The van der Waals surface area contributed by atoms with E-state index in [1.54, 1.807) is 23.1 Å². The lowest BCUT2D eigenvalue weighted by atomic mass is 10.2. The van der Waals surface area contributed by atoms with Crippen LogP contribution < -0.4 is 0 Å². The fourth-order valence-electron chi connectivity index (χ4n) is 1.43. The summed E-state index contributed by atoms with van der Waals surface area (Å²) in [5.74, 6) is 0.948. The molecule has 0 aliphatic rings. The first-order valence-electron chi connectivity index (χ1n) is 5.25. The van der Waals surface area contributed by atoms with Gasteiger partial charge in [0.25, 0.3) is 0 Å². The van der Waals surface area contributed by atoms with Gasteiger partial charge in [-0.05, 0) is 30.0 Å². The summed E-state index contributed by atoms with van der Waals surface area (Å²) in [7, 11) is 0. The second kappa shape index (κ2) is 6.09. The number of rotatable bonds is 5. The predicted octanol–water partition coefficient (Wildman–Crippen LogP) is 3.96. The maximum absolute atomic E-state index is 9.88. The minimum atomic E-state index is -0.309. The average Bonchev–Trinajstić information content (AvgIpc) is 2.84. The molecule has 1 aromatic heterocycles. The number of benzene rings is 1. The van der Waals surface area contributed by atoms with Gasteiger partial charge in [0.15, 0.2) is 0 Å². The zero-order chi connectivity index (χ0) is 11.2. The molecule has 1 N–H and O–H groups in total. The summed E-state index contributed by atoms with van der Waals surface area (Å²) < 4.78 is 0. The van der Waals surface area contributed by atoms with Crippen molar-refractivity contribution in [1.82, 2.24) is 0 Å². The Morgan fingerprint density at radius 1 is 1.12 bits per heavy atom. The molecule has 1 unspecified atom stereocenters. The number of aliphatic hydroxyl groups is 1. The highest BCUT2D eigenvalue weighted by Gasteiger charge is 2.07. The summed E-state index contributed by atoms with van der Waals surface area (Å²) in [5, 5.41) is 11.9. The lowest BCUT2D eigenvalue weighted by molar-refractivity contribution is 0.179. The van der Waals surface area contributed by atoms with Gasteiger partial charge in [0, 0.05) is 15.5 Å². The maximum Gasteiger partial charge on any atom is 0.0889 e. The van der Waals surface area contributed by atoms with Crippen LogP contribution in [0.4, 0.5) is 0 Å². The summed E-state index contributed by atoms with van der Waals surface area (Å²) >= 11 is 3.41. The van der Waals surface area contributed by atoms with E-state index in [4.69, 9.17) is 0 Å². The molecule has 0 aliphatic carbocycles. The molecule has 2 aromatic rings. The Kier molecular flexibility index (Phi) is 4.45. The quantitative estimate of drug-likeness (QED) is 0.810. The SMILES string of the molecule is OC(CCSc1ccccc1)c1cccs1. The van der Waals surface area contributed by atoms with Crippen LogP contribution in [-0.4, -0.2) is 10.9 Å². The van der Waals surface area contributed by atoms with E-state index in [1.807, 2.05) is 35.7 Å². The summed E-state index contributed by atoms with van der Waals surface area (Å²) in [6.45, 7) is 0. The van der Waals surface area contributed by atoms with E-state index in [2.05, 4.69) is 12.1 Å². The third kappa shape index (κ3) is 3.37. The van der Waals surface area contributed by atoms with E-state index in [-0.39, 0.29) is 6.10 Å². The van der Waals surface area contributed by atoms with Gasteiger partial charge in [-0.25, -0.2) is 0 Å². The molecule has 84 valence electrons. The minimum absolute atomic E-state index is 0.309. The number of thiophene rings is 1. The molecule has 3 heteroatoms. The minimum Gasteiger partial charge on any atom is -0.388 e. The molecule has 16 heavy (non-hydrogen) atoms. The monoisotopic (exact) mass is 250 g/mol. The Bertz CT molecular complexity index is 397. The lowest BCUT2D eigenvalue weighted by Gasteiger charge is -2.07. The predicted molar refractivity (Wildman–Crippen MR) is 71.1 cm³/mol. The largest absolute Gasteiger partial charge is 0.388 e. The average molecular weight is 250 g/mol. The van der Waals surface area contributed by atoms with Gasteiger partial charge in [-0.1, -0.05) is 24.3 Å². The molecule has 0 aliphatic heterocycles. The maximum atomic E-state index is 9.88. The summed E-state index contributed by atoms with van der Waals surface area (Å²) in [6, 6.07) is 14.3. The van der Waals surface area contributed by atoms with Gasteiger partial charge < -0.3 is 5.11 Å². The van der Waals surface area contributed by atoms with Crippen molar-refractivity contribution in [2.75, 3.05) is 5.75 Å². The van der Waals surface area contributed by atoms with Crippen molar-refractivity contribution in [1.29, 1.82) is 0 Å². The number of thioether (sulfide) groups is 1. The third-order valence-electron chi connectivity index (χ3n) is 2.27. The molecule has 1 aromatic carbocycles. The van der Waals surface area contributed by atoms with Gasteiger partial charge in [0.05, 0.1) is 6.10 Å². The van der Waals surface area contributed by atoms with Crippen molar-refractivity contribution < 1.29 is 5.11 Å². The van der Waals surface area contributed by atoms with Gasteiger partial charge in [-0.3, -0.25) is 0 Å². The highest BCUT2D eigenvalue weighted by atomic mass is 32.2. The lowest BCUT2D eigenvalue weighted by Crippen LogP contribution is -1.95. The molecular formula is C13H14OS2. The zero-order valence-corrected chi connectivity index (χ0v) is 10.5. The third-order valence-corrected chi connectivity index (χ3v) is 4.29. The molecule has 0 amide bonds. The number of hydrogen-bond acceptors (Lipinski definition) is 3. The Labute approximate surface area is 104 Å². The van der Waals surface area contributed by atoms with Crippen LogP contribution in [0.1, 0.15) is 17.4 Å². The van der Waals surface area contributed by atoms with Crippen molar-refractivity contribution in [2.24, 2.45) is 0 Å². The van der Waals surface area contributed by atoms with Crippen LogP contribution in [0, 0.1) is 0 Å². The molecule has 0 spiro atoms. The van der Waals surface area contributed by atoms with Crippen LogP contribution in [0.2, 0.25) is 0 Å². The normalized spacial score (nSPS) is 12.6. The molecule has 0 saturated heterocycles. The highest BCUT2D eigenvalue weighted by molar-refractivity contribution is 7.99. The van der Waals surface area contributed by atoms with Gasteiger partial charge >= 0.3 is 0 Å². The van der Waals surface area contributed by atoms with E-state index >= 15 is 0 Å². The van der Waals surface area contributed by atoms with E-state index in [1.165, 1.54) is 4.90 Å². The molecule has 1 heterocycles. The van der Waals surface area contributed by atoms with Crippen LogP contribution in [0.3, 0.4) is 0 Å². The number of aliphatic hydroxyl groups excluding tert-OH is 1. The fraction of sp³-hybridized carbons (Fsp3) is 0.231. The first-order valence-corrected chi connectivity index (χ1v) is 7.12. The van der Waals surface area contributed by atoms with Crippen LogP contribution in [0.5, 0.6) is 0 Å². The van der Waals surface area contributed by atoms with Gasteiger partial charge in [0.2, 0.25) is 0 Å². The smallest absolute Gasteiger partial charge is 0.0889 e. The van der Waals surface area contributed by atoms with Crippen molar-refractivity contribution in [2.45, 2.75) is 17.4 Å². The Hall–Kier alpha value is -0.770. The van der Waals surface area contributed by atoms with Crippen molar-refractivity contribution in [3.05, 3.63) is 52.7 Å². The molecule has 0 fully saturated rings. The van der Waals surface area contributed by atoms with Crippen molar-refractivity contribution in [3.63, 3.8) is 0 Å². The highest BCUT2D eigenvalue weighted by Crippen LogP contribution is 2.25. The summed E-state index contributed by atoms with van der Waals surface area (Å²) in [6.07, 6.45) is 0.497. The molecule has 2 rings (SSSR count). The molecule has 1 atom stereocenters. The molecule has 0 saturated carbocycles. The Balaban J connectivity index is 1.76. The van der Waals surface area contributed by atoms with Gasteiger partial charge in [-0.15, -0.1) is 23.1 Å². The van der Waals surface area contributed by atoms with Gasteiger partial charge in [-0.2, -0.15) is 0 Å². The topological polar surface area (TPSA) is 20.2 Å². The standard InChI is InChI=1S/C13H14OS2/c14-12(13-7-4-9-16-13)8-10-15-11-5-2-1-3-6-11/h1-7,9,12,14H,8,10H2. The Morgan fingerprint density at radius 2 is 1.94 bits per heavy atom. The Morgan fingerprint density at radius 3 is 2.62 bits per heavy atom. The second-order valence-corrected chi connectivity index (χ2v) is 5.63. The first kappa shape index (κ1) is 11.7. The molecular weight excluding hydrogens is 236 g/mol. The zero-order valence-electron chi connectivity index (χ0n) is 8.87. The van der Waals surface area contributed by atoms with Crippen LogP contribution in [0.25, 0.3) is 0 Å². The van der Waals surface area contributed by atoms with E-state index < -0.39 is 0 Å². The van der Waals surface area contributed by atoms with Crippen LogP contribution >= 0.6 is 23.1 Å². The van der Waals surface area contributed by atoms with Crippen molar-refractivity contribution in [3.8, 4) is 0 Å². The van der Waals surface area contributed by atoms with Gasteiger partial charge in [0.1, 0.15) is 0 Å². The summed E-state index contributed by atoms with van der Waals surface area (Å²) in [5.41, 5.74) is 0. The van der Waals surface area contributed by atoms with E-state index in [0.29, 0.717) is 0 Å². The molecule has 1 nitrogen and oxygen atoms in total. The van der Waals surface area contributed by atoms with E-state index in [9.17, 15) is 5.11 Å². The fourth-order valence-corrected chi connectivity index (χ4v) is 3.10. The van der Waals surface area contributed by atoms with Crippen molar-refractivity contribution >= 4 is 23.1 Å². The summed E-state index contributed by atoms with van der Waals surface area (Å²) in [4.78, 5) is 2.33. The van der Waals surface area contributed by atoms with Crippen LogP contribution in [0.15, 0.2) is 52.7 Å². The first-order chi connectivity index (χ1) is 7.86. The number of hydrogen-bond donors (Lipinski definition) is 1.